The van der Waals surface area contributed by atoms with E-state index in [9.17, 15) is 0 Å². The van der Waals surface area contributed by atoms with Gasteiger partial charge >= 0.3 is 0 Å². The maximum atomic E-state index is 3.47. The van der Waals surface area contributed by atoms with Crippen LogP contribution in [0.2, 0.25) is 0 Å². The van der Waals surface area contributed by atoms with Gasteiger partial charge in [0.25, 0.3) is 0 Å². The molecule has 0 amide bonds. The molecular weight excluding hydrogens is 230 g/mol. The third-order valence-electron chi connectivity index (χ3n) is 5.31. The quantitative estimate of drug-likeness (QED) is 0.692. The van der Waals surface area contributed by atoms with E-state index in [1.807, 2.05) is 0 Å². The van der Waals surface area contributed by atoms with Crippen molar-refractivity contribution in [3.05, 3.63) is 0 Å². The van der Waals surface area contributed by atoms with Gasteiger partial charge in [-0.05, 0) is 61.8 Å². The number of hydrogen-bond donors (Lipinski definition) is 1. The molecule has 1 aliphatic carbocycles. The summed E-state index contributed by atoms with van der Waals surface area (Å²) in [4.78, 5) is 0. The Bertz CT molecular complexity index is 241. The second-order valence-electron chi connectivity index (χ2n) is 8.46. The molecule has 0 spiro atoms. The van der Waals surface area contributed by atoms with Gasteiger partial charge in [-0.25, -0.2) is 0 Å². The van der Waals surface area contributed by atoms with Gasteiger partial charge in [-0.2, -0.15) is 0 Å². The minimum Gasteiger partial charge on any atom is -0.319 e. The van der Waals surface area contributed by atoms with Gasteiger partial charge in [-0.15, -0.1) is 0 Å². The normalized spacial score (nSPS) is 28.9. The molecule has 19 heavy (non-hydrogen) atoms. The second-order valence-corrected chi connectivity index (χ2v) is 8.46. The van der Waals surface area contributed by atoms with Crippen LogP contribution in [0.3, 0.4) is 0 Å². The van der Waals surface area contributed by atoms with E-state index in [2.05, 4.69) is 47.0 Å². The Kier molecular flexibility index (Phi) is 6.36. The third kappa shape index (κ3) is 5.45. The Labute approximate surface area is 121 Å². The average Bonchev–Trinajstić information content (AvgIpc) is 2.28. The first-order valence-corrected chi connectivity index (χ1v) is 8.44. The molecule has 0 bridgehead atoms. The lowest BCUT2D eigenvalue weighted by molar-refractivity contribution is 0.0784. The maximum Gasteiger partial charge on any atom is 0.000481 e. The minimum absolute atomic E-state index is 0.504. The Hall–Kier alpha value is -0.0400. The Morgan fingerprint density at radius 2 is 1.74 bits per heavy atom. The summed E-state index contributed by atoms with van der Waals surface area (Å²) in [5.41, 5.74) is 1.11. The van der Waals surface area contributed by atoms with Crippen LogP contribution in [0.5, 0.6) is 0 Å². The third-order valence-corrected chi connectivity index (χ3v) is 5.31. The first-order chi connectivity index (χ1) is 8.79. The van der Waals surface area contributed by atoms with Crippen molar-refractivity contribution in [2.75, 3.05) is 13.6 Å². The summed E-state index contributed by atoms with van der Waals surface area (Å²) in [6.07, 6.45) is 10.00. The summed E-state index contributed by atoms with van der Waals surface area (Å²) >= 11 is 0. The van der Waals surface area contributed by atoms with Crippen LogP contribution in [-0.4, -0.2) is 13.6 Å². The lowest BCUT2D eigenvalue weighted by Crippen LogP contribution is -2.38. The van der Waals surface area contributed by atoms with Gasteiger partial charge in [0, 0.05) is 6.54 Å². The zero-order valence-corrected chi connectivity index (χ0v) is 14.3. The highest BCUT2D eigenvalue weighted by molar-refractivity contribution is 4.90. The fraction of sp³-hybridized carbons (Fsp3) is 1.00. The molecule has 1 nitrogen and oxygen atoms in total. The van der Waals surface area contributed by atoms with Gasteiger partial charge in [0.15, 0.2) is 0 Å². The first kappa shape index (κ1) is 17.0. The number of rotatable bonds is 6. The van der Waals surface area contributed by atoms with Gasteiger partial charge < -0.3 is 5.32 Å². The minimum atomic E-state index is 0.504. The SMILES string of the molecule is CNCC1(CCCC(C)C)CCC(C(C)(C)C)CC1. The zero-order chi connectivity index (χ0) is 14.5. The number of hydrogen-bond acceptors (Lipinski definition) is 1. The van der Waals surface area contributed by atoms with Crippen molar-refractivity contribution in [3.63, 3.8) is 0 Å². The van der Waals surface area contributed by atoms with Gasteiger partial charge in [-0.1, -0.05) is 47.5 Å². The van der Waals surface area contributed by atoms with E-state index < -0.39 is 0 Å². The summed E-state index contributed by atoms with van der Waals surface area (Å²) < 4.78 is 0. The first-order valence-electron chi connectivity index (χ1n) is 8.44. The molecule has 0 aromatic carbocycles. The van der Waals surface area contributed by atoms with E-state index in [4.69, 9.17) is 0 Å². The highest BCUT2D eigenvalue weighted by atomic mass is 14.8. The molecule has 1 rings (SSSR count). The van der Waals surface area contributed by atoms with Gasteiger partial charge in [0.05, 0.1) is 0 Å². The molecule has 0 aromatic heterocycles. The van der Waals surface area contributed by atoms with E-state index >= 15 is 0 Å². The van der Waals surface area contributed by atoms with Crippen molar-refractivity contribution in [2.24, 2.45) is 22.7 Å². The van der Waals surface area contributed by atoms with E-state index in [0.717, 1.165) is 11.8 Å². The molecule has 0 aromatic rings. The molecule has 0 radical (unpaired) electrons. The standard InChI is InChI=1S/C18H37N/c1-15(2)8-7-11-18(14-19-6)12-9-16(10-13-18)17(3,4)5/h15-16,19H,7-14H2,1-6H3. The fourth-order valence-corrected chi connectivity index (χ4v) is 3.87. The van der Waals surface area contributed by atoms with E-state index in [0.29, 0.717) is 10.8 Å². The van der Waals surface area contributed by atoms with Crippen molar-refractivity contribution in [1.29, 1.82) is 0 Å². The molecule has 1 heteroatoms. The zero-order valence-electron chi connectivity index (χ0n) is 14.3. The largest absolute Gasteiger partial charge is 0.319 e. The molecule has 0 heterocycles. The Balaban J connectivity index is 2.51. The monoisotopic (exact) mass is 267 g/mol. The average molecular weight is 268 g/mol. The lowest BCUT2D eigenvalue weighted by Gasteiger charge is -2.44. The summed E-state index contributed by atoms with van der Waals surface area (Å²) in [5.74, 6) is 1.79. The summed E-state index contributed by atoms with van der Waals surface area (Å²) in [7, 11) is 2.13. The van der Waals surface area contributed by atoms with Crippen LogP contribution in [0.1, 0.15) is 79.6 Å². The lowest BCUT2D eigenvalue weighted by atomic mass is 9.62. The summed E-state index contributed by atoms with van der Waals surface area (Å²) in [5, 5.41) is 3.47. The van der Waals surface area contributed by atoms with Crippen molar-refractivity contribution in [1.82, 2.24) is 5.32 Å². The predicted octanol–water partition coefficient (Wildman–Crippen LogP) is 5.25. The van der Waals surface area contributed by atoms with Gasteiger partial charge in [-0.3, -0.25) is 0 Å². The maximum absolute atomic E-state index is 3.47. The second kappa shape index (κ2) is 7.11. The van der Waals surface area contributed by atoms with E-state index in [-0.39, 0.29) is 0 Å². The number of nitrogens with one attached hydrogen (secondary N) is 1. The molecular formula is C18H37N. The van der Waals surface area contributed by atoms with Crippen LogP contribution in [0, 0.1) is 22.7 Å². The van der Waals surface area contributed by atoms with Crippen LogP contribution in [0.4, 0.5) is 0 Å². The molecule has 1 aliphatic rings. The molecule has 0 aliphatic heterocycles. The van der Waals surface area contributed by atoms with Gasteiger partial charge in [0.1, 0.15) is 0 Å². The highest BCUT2D eigenvalue weighted by Crippen LogP contribution is 2.47. The molecule has 1 N–H and O–H groups in total. The fourth-order valence-electron chi connectivity index (χ4n) is 3.87. The van der Waals surface area contributed by atoms with Crippen LogP contribution in [0.15, 0.2) is 0 Å². The molecule has 0 saturated heterocycles. The van der Waals surface area contributed by atoms with Gasteiger partial charge in [0.2, 0.25) is 0 Å². The highest BCUT2D eigenvalue weighted by Gasteiger charge is 2.37. The van der Waals surface area contributed by atoms with Crippen molar-refractivity contribution in [3.8, 4) is 0 Å². The van der Waals surface area contributed by atoms with Crippen molar-refractivity contribution < 1.29 is 0 Å². The summed E-state index contributed by atoms with van der Waals surface area (Å²) in [6, 6.07) is 0. The molecule has 1 saturated carbocycles. The predicted molar refractivity (Wildman–Crippen MR) is 86.5 cm³/mol. The van der Waals surface area contributed by atoms with Crippen LogP contribution in [0.25, 0.3) is 0 Å². The summed E-state index contributed by atoms with van der Waals surface area (Å²) in [6.45, 7) is 13.2. The molecule has 0 unspecified atom stereocenters. The van der Waals surface area contributed by atoms with E-state index in [1.165, 1.54) is 51.5 Å². The van der Waals surface area contributed by atoms with Crippen LogP contribution < -0.4 is 5.32 Å². The molecule has 0 atom stereocenters. The topological polar surface area (TPSA) is 12.0 Å². The van der Waals surface area contributed by atoms with Crippen molar-refractivity contribution in [2.45, 2.75) is 79.6 Å². The smallest absolute Gasteiger partial charge is 0.000481 e. The molecule has 114 valence electrons. The Morgan fingerprint density at radius 3 is 2.16 bits per heavy atom. The molecule has 1 fully saturated rings. The Morgan fingerprint density at radius 1 is 1.16 bits per heavy atom. The van der Waals surface area contributed by atoms with Crippen molar-refractivity contribution >= 4 is 0 Å². The van der Waals surface area contributed by atoms with E-state index in [1.54, 1.807) is 0 Å². The van der Waals surface area contributed by atoms with Crippen LogP contribution >= 0.6 is 0 Å². The van der Waals surface area contributed by atoms with Crippen LogP contribution in [-0.2, 0) is 0 Å².